The van der Waals surface area contributed by atoms with Crippen molar-refractivity contribution in [3.8, 4) is 0 Å². The zero-order valence-corrected chi connectivity index (χ0v) is 82.7. The molecule has 1 heterocycles. The Bertz CT molecular complexity index is 3770. The van der Waals surface area contributed by atoms with E-state index in [0.717, 1.165) is 89.3 Å². The van der Waals surface area contributed by atoms with Gasteiger partial charge in [0.25, 0.3) is 0 Å². The Morgan fingerprint density at radius 3 is 1.09 bits per heavy atom. The number of hydrogen-bond acceptors (Lipinski definition) is 31. The molecule has 139 heavy (non-hydrogen) atoms. The van der Waals surface area contributed by atoms with Crippen LogP contribution in [0.5, 0.6) is 0 Å². The summed E-state index contributed by atoms with van der Waals surface area (Å²) in [7, 11) is -3.56. The maximum Gasteiger partial charge on any atom is 0.326 e. The van der Waals surface area contributed by atoms with Crippen molar-refractivity contribution in [1.82, 2.24) is 52.5 Å². The molecule has 796 valence electrons. The number of tetrazole rings is 1. The van der Waals surface area contributed by atoms with Crippen molar-refractivity contribution < 1.29 is 163 Å². The van der Waals surface area contributed by atoms with Gasteiger partial charge in [-0.3, -0.25) is 67.1 Å². The number of ketones is 6. The van der Waals surface area contributed by atoms with Crippen molar-refractivity contribution in [1.29, 1.82) is 0 Å². The van der Waals surface area contributed by atoms with Crippen LogP contribution in [0.15, 0.2) is 0 Å². The number of unbranched alkanes of at least 4 members (excludes halogenated alkanes) is 25. The lowest BCUT2D eigenvalue weighted by molar-refractivity contribution is -0.145. The van der Waals surface area contributed by atoms with E-state index < -0.39 is 136 Å². The smallest absolute Gasteiger partial charge is 0.326 e. The van der Waals surface area contributed by atoms with Crippen LogP contribution >= 0.6 is 0 Å². The number of carboxylic acid groups (broad SMARTS) is 6. The zero-order valence-electron chi connectivity index (χ0n) is 81.8. The number of aromatic amines is 1. The first kappa shape index (κ1) is 129. The summed E-state index contributed by atoms with van der Waals surface area (Å²) in [5, 5.41) is 84.7. The number of carboxylic acids is 6. The largest absolute Gasteiger partial charge is 0.481 e. The molecule has 0 radical (unpaired) electrons. The summed E-state index contributed by atoms with van der Waals surface area (Å²) in [5.74, 6) is -14.4. The number of Topliss-reactive ketones (excluding diaryl/α,β-unsaturated/α-hetero) is 6. The molecule has 13 N–H and O–H groups in total. The summed E-state index contributed by atoms with van der Waals surface area (Å²) in [6, 6.07) is -3.94. The Morgan fingerprint density at radius 2 is 0.655 bits per heavy atom. The van der Waals surface area contributed by atoms with E-state index in [9.17, 15) is 120 Å². The molecule has 0 saturated heterocycles. The molecular weight excluding hydrogens is 1850 g/mol. The standard InChI is InChI=1S/C47H80N6O16S.C47H80N4O18/c1-37(54)21-23-42(47(62)63)49-44(58)24-22-38(46(60)61)33-41(57)34-68-30-29-67-27-25-48-45(59)35-69-31-28-66-26-15-18-39(55)19-16-32-70(64,65)36-40(56)17-13-11-9-7-5-3-2-4-6-8-10-12-14-20-43-50-52-53-51-43;1-35(52)33-68-30-28-66-26-24-48-40(54)22-18-36(45(60)61)32-37(53)19-20-38(46(62)63)51-43(57)34-69-31-29-67-27-25-49-41(55)23-21-39(47(64)65)50-42(56)16-14-12-10-8-6-4-2-3-5-7-9-11-13-15-17-44(58)59/h38,42H,2-36H2,1H3,(H,48,59)(H,49,58)(H,60,61)(H,62,63)(H,50,51,52,53);36,38-39H,2-34H2,1H3,(H,48,54)(H,49,55)(H,50,56)(H,51,57)(H,58,59)(H,60,61)(H,62,63)(H,64,65)/t38-,42+;36-,38+,39+/m11/s1. The molecule has 0 aliphatic carbocycles. The molecular formula is C94H160N10O34S. The van der Waals surface area contributed by atoms with E-state index in [0.29, 0.717) is 25.9 Å². The lowest BCUT2D eigenvalue weighted by Crippen LogP contribution is -2.43. The third kappa shape index (κ3) is 84.9. The maximum atomic E-state index is 12.5. The number of ether oxygens (including phenoxy) is 8. The van der Waals surface area contributed by atoms with Crippen LogP contribution in [0.25, 0.3) is 0 Å². The second kappa shape index (κ2) is 87.4. The van der Waals surface area contributed by atoms with Crippen LogP contribution in [0.2, 0.25) is 0 Å². The van der Waals surface area contributed by atoms with E-state index in [1.54, 1.807) is 0 Å². The fraction of sp³-hybridized carbons (Fsp3) is 0.798. The van der Waals surface area contributed by atoms with E-state index in [4.69, 9.17) is 43.0 Å². The first-order chi connectivity index (χ1) is 66.6. The Hall–Kier alpha value is -9.64. The van der Waals surface area contributed by atoms with Crippen molar-refractivity contribution in [2.45, 2.75) is 334 Å². The van der Waals surface area contributed by atoms with Gasteiger partial charge in [-0.15, -0.1) is 10.2 Å². The molecule has 0 bridgehead atoms. The summed E-state index contributed by atoms with van der Waals surface area (Å²) < 4.78 is 67.0. The molecule has 0 aliphatic heterocycles. The average Bonchev–Trinajstić information content (AvgIpc) is 1.17. The van der Waals surface area contributed by atoms with E-state index in [1.807, 2.05) is 0 Å². The number of nitrogens with zero attached hydrogens (tertiary/aromatic N) is 3. The minimum atomic E-state index is -3.56. The number of nitrogens with one attached hydrogen (secondary N) is 7. The first-order valence-corrected chi connectivity index (χ1v) is 51.1. The van der Waals surface area contributed by atoms with Crippen LogP contribution in [0.3, 0.4) is 0 Å². The van der Waals surface area contributed by atoms with E-state index >= 15 is 0 Å². The molecule has 45 heteroatoms. The predicted molar refractivity (Wildman–Crippen MR) is 504 cm³/mol. The highest BCUT2D eigenvalue weighted by molar-refractivity contribution is 7.92. The van der Waals surface area contributed by atoms with Gasteiger partial charge in [0, 0.05) is 110 Å². The van der Waals surface area contributed by atoms with Crippen LogP contribution in [0, 0.1) is 11.8 Å². The monoisotopic (exact) mass is 2010 g/mol. The van der Waals surface area contributed by atoms with Crippen molar-refractivity contribution in [2.24, 2.45) is 11.8 Å². The first-order valence-electron chi connectivity index (χ1n) is 49.2. The number of carbonyl (C=O) groups excluding carboxylic acids is 12. The highest BCUT2D eigenvalue weighted by Crippen LogP contribution is 2.20. The quantitative estimate of drug-likeness (QED) is 0.0286. The summed E-state index contributed by atoms with van der Waals surface area (Å²) in [6.07, 6.45) is 29.3. The number of carbonyl (C=O) groups is 18. The van der Waals surface area contributed by atoms with Crippen LogP contribution in [-0.4, -0.2) is 321 Å². The molecule has 0 spiro atoms. The molecule has 0 saturated carbocycles. The summed E-state index contributed by atoms with van der Waals surface area (Å²) in [4.78, 5) is 213. The van der Waals surface area contributed by atoms with Gasteiger partial charge >= 0.3 is 35.8 Å². The SMILES string of the molecule is CC(=O)CC[C@H](NC(=O)CC[C@H](CC(=O)COCCOCCNC(=O)COCCOCCCC(=O)CCCS(=O)(=O)CC(=O)CCCCCCCCCCCCCCCc1nn[nH]n1)C(=O)O)C(=O)O.CC(=O)COCCOCCNC(=O)CC[C@H](CC(=O)CC[C@H](NC(=O)COCCOCCNC(=O)CC[C@H](NC(=O)CCCCCCCCCCCCCCCCC(=O)O)C(=O)O)C(=O)O)C(=O)O. The molecule has 44 nitrogen and oxygen atoms in total. The lowest BCUT2D eigenvalue weighted by Gasteiger charge is -2.15. The van der Waals surface area contributed by atoms with Gasteiger partial charge in [-0.05, 0) is 84.5 Å². The predicted octanol–water partition coefficient (Wildman–Crippen LogP) is 7.22. The molecule has 1 aromatic heterocycles. The van der Waals surface area contributed by atoms with E-state index in [2.05, 4.69) is 52.5 Å². The Balaban J connectivity index is 0.00000274. The molecule has 0 unspecified atom stereocenters. The van der Waals surface area contributed by atoms with Gasteiger partial charge in [0.15, 0.2) is 27.2 Å². The third-order valence-corrected chi connectivity index (χ3v) is 23.4. The van der Waals surface area contributed by atoms with Gasteiger partial charge in [0.1, 0.15) is 73.4 Å². The third-order valence-electron chi connectivity index (χ3n) is 21.7. The maximum absolute atomic E-state index is 12.5. The molecule has 5 atom stereocenters. The number of sulfone groups is 1. The van der Waals surface area contributed by atoms with Gasteiger partial charge in [-0.1, -0.05) is 153 Å². The number of rotatable bonds is 99. The topological polar surface area (TPSA) is 663 Å². The van der Waals surface area contributed by atoms with Crippen molar-refractivity contribution in [3.05, 3.63) is 5.82 Å². The number of aryl methyl sites for hydroxylation is 1. The average molecular weight is 2010 g/mol. The normalized spacial score (nSPS) is 12.3. The number of amides is 6. The van der Waals surface area contributed by atoms with E-state index in [1.165, 1.54) is 97.3 Å². The van der Waals surface area contributed by atoms with Crippen molar-refractivity contribution in [3.63, 3.8) is 0 Å². The Morgan fingerprint density at radius 1 is 0.302 bits per heavy atom. The van der Waals surface area contributed by atoms with Crippen molar-refractivity contribution >= 4 is 116 Å². The fourth-order valence-electron chi connectivity index (χ4n) is 13.9. The second-order valence-corrected chi connectivity index (χ2v) is 36.6. The van der Waals surface area contributed by atoms with Crippen LogP contribution in [0.4, 0.5) is 0 Å². The van der Waals surface area contributed by atoms with Gasteiger partial charge < -0.3 is 105 Å². The molecule has 1 rings (SSSR count). The highest BCUT2D eigenvalue weighted by Gasteiger charge is 2.29. The Labute approximate surface area is 816 Å². The molecule has 1 aromatic rings. The molecule has 0 fully saturated rings. The van der Waals surface area contributed by atoms with Gasteiger partial charge in [-0.25, -0.2) is 22.8 Å². The number of aromatic nitrogens is 4. The van der Waals surface area contributed by atoms with Crippen LogP contribution in [0.1, 0.15) is 315 Å². The van der Waals surface area contributed by atoms with Crippen molar-refractivity contribution in [2.75, 3.05) is 137 Å². The van der Waals surface area contributed by atoms with Gasteiger partial charge in [-0.2, -0.15) is 5.21 Å². The fourth-order valence-corrected chi connectivity index (χ4v) is 15.3. The zero-order chi connectivity index (χ0) is 103. The highest BCUT2D eigenvalue weighted by atomic mass is 32.2. The van der Waals surface area contributed by atoms with Gasteiger partial charge in [0.05, 0.1) is 90.3 Å². The number of hydrogen-bond donors (Lipinski definition) is 13. The minimum Gasteiger partial charge on any atom is -0.481 e. The summed E-state index contributed by atoms with van der Waals surface area (Å²) in [5.41, 5.74) is 0. The van der Waals surface area contributed by atoms with Crippen LogP contribution < -0.4 is 31.9 Å². The van der Waals surface area contributed by atoms with Gasteiger partial charge in [0.2, 0.25) is 35.4 Å². The Kier molecular flexibility index (Phi) is 81.3. The number of H-pyrrole nitrogens is 1. The van der Waals surface area contributed by atoms with Crippen LogP contribution in [-0.2, 0) is 140 Å². The van der Waals surface area contributed by atoms with E-state index in [-0.39, 0.29) is 256 Å². The lowest BCUT2D eigenvalue weighted by atomic mass is 9.94. The summed E-state index contributed by atoms with van der Waals surface area (Å²) >= 11 is 0. The molecule has 6 amide bonds. The molecule has 0 aromatic carbocycles. The molecule has 0 aliphatic rings. The summed E-state index contributed by atoms with van der Waals surface area (Å²) in [6.45, 7) is 3.57. The number of aliphatic carboxylic acids is 6. The second-order valence-electron chi connectivity index (χ2n) is 34.4. The minimum absolute atomic E-state index is 0.0172.